The summed E-state index contributed by atoms with van der Waals surface area (Å²) in [5.74, 6) is 0.915. The summed E-state index contributed by atoms with van der Waals surface area (Å²) in [6, 6.07) is 12.4. The van der Waals surface area contributed by atoms with Crippen molar-refractivity contribution in [1.29, 1.82) is 0 Å². The minimum atomic E-state index is -0.324. The highest BCUT2D eigenvalue weighted by Gasteiger charge is 2.23. The summed E-state index contributed by atoms with van der Waals surface area (Å²) in [5, 5.41) is 9.91. The first-order valence-electron chi connectivity index (χ1n) is 7.13. The molecular formula is C18H20O2. The number of rotatable bonds is 3. The minimum absolute atomic E-state index is 0.324. The maximum atomic E-state index is 9.91. The van der Waals surface area contributed by atoms with Crippen molar-refractivity contribution in [2.24, 2.45) is 0 Å². The fourth-order valence-corrected chi connectivity index (χ4v) is 3.05. The number of fused-ring (bicyclic) bond motifs is 1. The summed E-state index contributed by atoms with van der Waals surface area (Å²) < 4.78 is 5.98. The van der Waals surface area contributed by atoms with Gasteiger partial charge in [-0.25, -0.2) is 0 Å². The quantitative estimate of drug-likeness (QED) is 0.916. The van der Waals surface area contributed by atoms with Gasteiger partial charge in [-0.15, -0.1) is 0 Å². The second kappa shape index (κ2) is 5.29. The number of ether oxygens (including phenoxy) is 1. The fourth-order valence-electron chi connectivity index (χ4n) is 3.05. The van der Waals surface area contributed by atoms with Crippen LogP contribution in [0.1, 0.15) is 40.3 Å². The molecule has 0 fully saturated rings. The lowest BCUT2D eigenvalue weighted by atomic mass is 10.1. The van der Waals surface area contributed by atoms with Gasteiger partial charge < -0.3 is 9.84 Å². The molecular weight excluding hydrogens is 248 g/mol. The van der Waals surface area contributed by atoms with Crippen molar-refractivity contribution in [3.05, 3.63) is 64.2 Å². The van der Waals surface area contributed by atoms with Gasteiger partial charge in [0.05, 0.1) is 6.10 Å². The predicted molar refractivity (Wildman–Crippen MR) is 80.0 cm³/mol. The van der Waals surface area contributed by atoms with E-state index in [0.717, 1.165) is 24.2 Å². The second-order valence-corrected chi connectivity index (χ2v) is 5.66. The Kier molecular flexibility index (Phi) is 3.49. The molecule has 0 spiro atoms. The Morgan fingerprint density at radius 2 is 1.90 bits per heavy atom. The van der Waals surface area contributed by atoms with Gasteiger partial charge in [-0.05, 0) is 43.9 Å². The zero-order valence-corrected chi connectivity index (χ0v) is 12.0. The molecule has 0 amide bonds. The van der Waals surface area contributed by atoms with E-state index in [-0.39, 0.29) is 6.10 Å². The number of aliphatic hydroxyl groups is 1. The van der Waals surface area contributed by atoms with Crippen molar-refractivity contribution >= 4 is 0 Å². The maximum absolute atomic E-state index is 9.91. The lowest BCUT2D eigenvalue weighted by Crippen LogP contribution is -1.99. The third-order valence-electron chi connectivity index (χ3n) is 3.87. The molecule has 1 aliphatic carbocycles. The minimum Gasteiger partial charge on any atom is -0.489 e. The first-order chi connectivity index (χ1) is 9.63. The molecule has 3 rings (SSSR count). The van der Waals surface area contributed by atoms with Crippen LogP contribution in [0.15, 0.2) is 36.4 Å². The van der Waals surface area contributed by atoms with E-state index in [1.54, 1.807) is 0 Å². The standard InChI is InChI=1S/C18H20O2/c1-12-8-13(2)10-14(9-12)11-20-18-5-3-4-15-16(18)6-7-17(15)19/h3-5,8-10,17,19H,6-7,11H2,1-2H3. The van der Waals surface area contributed by atoms with Gasteiger partial charge in [0.2, 0.25) is 0 Å². The van der Waals surface area contributed by atoms with Gasteiger partial charge in [0.15, 0.2) is 0 Å². The molecule has 0 saturated heterocycles. The van der Waals surface area contributed by atoms with Crippen LogP contribution in [0.25, 0.3) is 0 Å². The van der Waals surface area contributed by atoms with Crippen molar-refractivity contribution in [2.45, 2.75) is 39.4 Å². The molecule has 104 valence electrons. The SMILES string of the molecule is Cc1cc(C)cc(COc2cccc3c2CCC3O)c1. The molecule has 0 radical (unpaired) electrons. The number of aryl methyl sites for hydroxylation is 2. The molecule has 1 atom stereocenters. The predicted octanol–water partition coefficient (Wildman–Crippen LogP) is 3.86. The van der Waals surface area contributed by atoms with E-state index >= 15 is 0 Å². The molecule has 2 aromatic rings. The number of hydrogen-bond acceptors (Lipinski definition) is 2. The Hall–Kier alpha value is -1.80. The summed E-state index contributed by atoms with van der Waals surface area (Å²) in [6.45, 7) is 4.79. The third kappa shape index (κ3) is 2.56. The maximum Gasteiger partial charge on any atom is 0.123 e. The highest BCUT2D eigenvalue weighted by molar-refractivity contribution is 5.44. The summed E-state index contributed by atoms with van der Waals surface area (Å²) >= 11 is 0. The van der Waals surface area contributed by atoms with Crippen LogP contribution in [0, 0.1) is 13.8 Å². The van der Waals surface area contributed by atoms with Crippen LogP contribution < -0.4 is 4.74 Å². The topological polar surface area (TPSA) is 29.5 Å². The highest BCUT2D eigenvalue weighted by atomic mass is 16.5. The number of hydrogen-bond donors (Lipinski definition) is 1. The fraction of sp³-hybridized carbons (Fsp3) is 0.333. The Bertz CT molecular complexity index is 611. The molecule has 0 heterocycles. The average molecular weight is 268 g/mol. The van der Waals surface area contributed by atoms with Crippen molar-refractivity contribution in [3.8, 4) is 5.75 Å². The van der Waals surface area contributed by atoms with Gasteiger partial charge in [-0.1, -0.05) is 41.5 Å². The molecule has 1 aliphatic rings. The smallest absolute Gasteiger partial charge is 0.123 e. The van der Waals surface area contributed by atoms with E-state index in [1.807, 2.05) is 18.2 Å². The lowest BCUT2D eigenvalue weighted by molar-refractivity contribution is 0.180. The molecule has 1 N–H and O–H groups in total. The number of aliphatic hydroxyl groups excluding tert-OH is 1. The van der Waals surface area contributed by atoms with E-state index in [2.05, 4.69) is 32.0 Å². The van der Waals surface area contributed by atoms with Gasteiger partial charge in [0.25, 0.3) is 0 Å². The Labute approximate surface area is 120 Å². The highest BCUT2D eigenvalue weighted by Crippen LogP contribution is 2.36. The zero-order valence-electron chi connectivity index (χ0n) is 12.0. The van der Waals surface area contributed by atoms with Gasteiger partial charge in [-0.2, -0.15) is 0 Å². The Balaban J connectivity index is 1.79. The molecule has 2 nitrogen and oxygen atoms in total. The second-order valence-electron chi connectivity index (χ2n) is 5.66. The molecule has 0 aromatic heterocycles. The molecule has 2 heteroatoms. The van der Waals surface area contributed by atoms with Crippen molar-refractivity contribution in [2.75, 3.05) is 0 Å². The molecule has 0 bridgehead atoms. The van der Waals surface area contributed by atoms with Crippen LogP contribution in [-0.4, -0.2) is 5.11 Å². The van der Waals surface area contributed by atoms with Crippen LogP contribution in [0.4, 0.5) is 0 Å². The molecule has 2 aromatic carbocycles. The van der Waals surface area contributed by atoms with Crippen LogP contribution >= 0.6 is 0 Å². The van der Waals surface area contributed by atoms with E-state index in [9.17, 15) is 5.11 Å². The Morgan fingerprint density at radius 3 is 2.65 bits per heavy atom. The van der Waals surface area contributed by atoms with Gasteiger partial charge >= 0.3 is 0 Å². The van der Waals surface area contributed by atoms with Crippen LogP contribution in [0.5, 0.6) is 5.75 Å². The van der Waals surface area contributed by atoms with Gasteiger partial charge in [-0.3, -0.25) is 0 Å². The van der Waals surface area contributed by atoms with E-state index in [4.69, 9.17) is 4.74 Å². The van der Waals surface area contributed by atoms with E-state index in [0.29, 0.717) is 6.61 Å². The van der Waals surface area contributed by atoms with Crippen molar-refractivity contribution in [1.82, 2.24) is 0 Å². The van der Waals surface area contributed by atoms with Gasteiger partial charge in [0.1, 0.15) is 12.4 Å². The summed E-state index contributed by atoms with van der Waals surface area (Å²) in [6.07, 6.45) is 1.38. The summed E-state index contributed by atoms with van der Waals surface area (Å²) in [4.78, 5) is 0. The summed E-state index contributed by atoms with van der Waals surface area (Å²) in [7, 11) is 0. The summed E-state index contributed by atoms with van der Waals surface area (Å²) in [5.41, 5.74) is 5.92. The van der Waals surface area contributed by atoms with Crippen LogP contribution in [0.3, 0.4) is 0 Å². The van der Waals surface area contributed by atoms with Gasteiger partial charge in [0, 0.05) is 5.56 Å². The van der Waals surface area contributed by atoms with E-state index in [1.165, 1.54) is 22.3 Å². The molecule has 0 aliphatic heterocycles. The normalized spacial score (nSPS) is 17.1. The van der Waals surface area contributed by atoms with E-state index < -0.39 is 0 Å². The van der Waals surface area contributed by atoms with Crippen molar-refractivity contribution in [3.63, 3.8) is 0 Å². The Morgan fingerprint density at radius 1 is 1.15 bits per heavy atom. The molecule has 1 unspecified atom stereocenters. The third-order valence-corrected chi connectivity index (χ3v) is 3.87. The lowest BCUT2D eigenvalue weighted by Gasteiger charge is -2.12. The molecule has 0 saturated carbocycles. The van der Waals surface area contributed by atoms with Crippen LogP contribution in [-0.2, 0) is 13.0 Å². The number of benzene rings is 2. The first kappa shape index (κ1) is 13.2. The zero-order chi connectivity index (χ0) is 14.1. The monoisotopic (exact) mass is 268 g/mol. The molecule has 20 heavy (non-hydrogen) atoms. The van der Waals surface area contributed by atoms with Crippen molar-refractivity contribution < 1.29 is 9.84 Å². The van der Waals surface area contributed by atoms with Crippen LogP contribution in [0.2, 0.25) is 0 Å². The largest absolute Gasteiger partial charge is 0.489 e. The first-order valence-corrected chi connectivity index (χ1v) is 7.13. The average Bonchev–Trinajstić information content (AvgIpc) is 2.78.